The Labute approximate surface area is 157 Å². The fourth-order valence-corrected chi connectivity index (χ4v) is 2.58. The van der Waals surface area contributed by atoms with Crippen LogP contribution in [0.5, 0.6) is 0 Å². The Morgan fingerprint density at radius 3 is 2.82 bits per heavy atom. The van der Waals surface area contributed by atoms with Gasteiger partial charge >= 0.3 is 0 Å². The maximum absolute atomic E-state index is 12.1. The number of nitrogens with zero attached hydrogens (tertiary/aromatic N) is 3. The number of benzene rings is 1. The van der Waals surface area contributed by atoms with Crippen LogP contribution in [-0.4, -0.2) is 55.4 Å². The predicted octanol–water partition coefficient (Wildman–Crippen LogP) is 2.31. The summed E-state index contributed by atoms with van der Waals surface area (Å²) in [5.41, 5.74) is 1.11. The average Bonchev–Trinajstić information content (AvgIpc) is 2.87. The van der Waals surface area contributed by atoms with Crippen molar-refractivity contribution in [1.29, 1.82) is 0 Å². The highest BCUT2D eigenvalue weighted by Gasteiger charge is 2.14. The van der Waals surface area contributed by atoms with Crippen molar-refractivity contribution in [2.24, 2.45) is 4.99 Å². The molecule has 1 amide bonds. The van der Waals surface area contributed by atoms with Gasteiger partial charge in [-0.15, -0.1) is 24.0 Å². The van der Waals surface area contributed by atoms with Crippen molar-refractivity contribution in [2.75, 3.05) is 33.7 Å². The molecule has 1 aromatic carbocycles. The molecule has 2 rings (SSSR count). The molecule has 1 aromatic rings. The number of carbonyl (C=O) groups is 1. The van der Waals surface area contributed by atoms with Crippen LogP contribution >= 0.6 is 39.9 Å². The van der Waals surface area contributed by atoms with Gasteiger partial charge in [0.05, 0.1) is 6.54 Å². The average molecular weight is 481 g/mol. The molecule has 0 atom stereocenters. The van der Waals surface area contributed by atoms with Gasteiger partial charge in [-0.05, 0) is 11.6 Å². The molecule has 0 aromatic heterocycles. The molecule has 0 unspecified atom stereocenters. The second kappa shape index (κ2) is 9.34. The zero-order valence-corrected chi connectivity index (χ0v) is 16.8. The minimum Gasteiger partial charge on any atom is -0.356 e. The SMILES string of the molecule is CN(Cc1ccccc1Br)C(=O)CCNC1=NCCN1C.I. The van der Waals surface area contributed by atoms with Crippen molar-refractivity contribution in [2.45, 2.75) is 13.0 Å². The maximum Gasteiger partial charge on any atom is 0.224 e. The van der Waals surface area contributed by atoms with Gasteiger partial charge in [0.15, 0.2) is 5.96 Å². The van der Waals surface area contributed by atoms with Crippen LogP contribution in [0.4, 0.5) is 0 Å². The van der Waals surface area contributed by atoms with Crippen LogP contribution in [0.25, 0.3) is 0 Å². The minimum atomic E-state index is 0. The lowest BCUT2D eigenvalue weighted by molar-refractivity contribution is -0.130. The third kappa shape index (κ3) is 5.42. The molecule has 1 heterocycles. The molecule has 0 saturated heterocycles. The number of hydrogen-bond acceptors (Lipinski definition) is 4. The first-order valence-corrected chi connectivity index (χ1v) is 7.84. The molecular weight excluding hydrogens is 459 g/mol. The highest BCUT2D eigenvalue weighted by atomic mass is 127. The molecule has 122 valence electrons. The van der Waals surface area contributed by atoms with Gasteiger partial charge in [-0.25, -0.2) is 0 Å². The number of rotatable bonds is 5. The van der Waals surface area contributed by atoms with Crippen LogP contribution in [-0.2, 0) is 11.3 Å². The van der Waals surface area contributed by atoms with Crippen LogP contribution < -0.4 is 5.32 Å². The number of hydrogen-bond donors (Lipinski definition) is 1. The van der Waals surface area contributed by atoms with Crippen LogP contribution in [0, 0.1) is 0 Å². The molecule has 22 heavy (non-hydrogen) atoms. The normalized spacial score (nSPS) is 13.4. The molecule has 0 fully saturated rings. The molecular formula is C15H22BrIN4O. The molecule has 1 N–H and O–H groups in total. The van der Waals surface area contributed by atoms with E-state index in [1.165, 1.54) is 0 Å². The smallest absolute Gasteiger partial charge is 0.224 e. The first-order valence-electron chi connectivity index (χ1n) is 7.05. The zero-order valence-electron chi connectivity index (χ0n) is 12.9. The zero-order chi connectivity index (χ0) is 15.2. The number of guanidine groups is 1. The van der Waals surface area contributed by atoms with E-state index in [1.807, 2.05) is 38.4 Å². The second-order valence-corrected chi connectivity index (χ2v) is 6.00. The molecule has 0 radical (unpaired) electrons. The summed E-state index contributed by atoms with van der Waals surface area (Å²) in [6.45, 7) is 3.00. The van der Waals surface area contributed by atoms with E-state index < -0.39 is 0 Å². The summed E-state index contributed by atoms with van der Waals surface area (Å²) in [6, 6.07) is 7.96. The van der Waals surface area contributed by atoms with Gasteiger partial charge in [0.25, 0.3) is 0 Å². The molecule has 1 aliphatic rings. The first kappa shape index (κ1) is 19.2. The standard InChI is InChI=1S/C15H21BrN4O.HI/c1-19-10-9-18-15(19)17-8-7-14(21)20(2)11-12-5-3-4-6-13(12)16;/h3-6H,7-11H2,1-2H3,(H,17,18);1H. The number of aliphatic imine (C=N–C) groups is 1. The number of likely N-dealkylation sites (N-methyl/N-ethyl adjacent to an activating group) is 1. The third-order valence-electron chi connectivity index (χ3n) is 3.47. The van der Waals surface area contributed by atoms with Gasteiger partial charge in [0.1, 0.15) is 0 Å². The van der Waals surface area contributed by atoms with E-state index in [0.717, 1.165) is 29.1 Å². The highest BCUT2D eigenvalue weighted by molar-refractivity contribution is 14.0. The predicted molar refractivity (Wildman–Crippen MR) is 104 cm³/mol. The van der Waals surface area contributed by atoms with Crippen LogP contribution in [0.2, 0.25) is 0 Å². The lowest BCUT2D eigenvalue weighted by Gasteiger charge is -2.19. The molecule has 0 bridgehead atoms. The van der Waals surface area contributed by atoms with E-state index >= 15 is 0 Å². The summed E-state index contributed by atoms with van der Waals surface area (Å²) in [5, 5.41) is 3.21. The Morgan fingerprint density at radius 2 is 2.18 bits per heavy atom. The summed E-state index contributed by atoms with van der Waals surface area (Å²) in [4.78, 5) is 20.3. The highest BCUT2D eigenvalue weighted by Crippen LogP contribution is 2.17. The van der Waals surface area contributed by atoms with Crippen molar-refractivity contribution in [1.82, 2.24) is 15.1 Å². The van der Waals surface area contributed by atoms with Gasteiger partial charge in [-0.1, -0.05) is 34.1 Å². The maximum atomic E-state index is 12.1. The van der Waals surface area contributed by atoms with Gasteiger partial charge in [0, 0.05) is 44.6 Å². The van der Waals surface area contributed by atoms with Gasteiger partial charge in [-0.3, -0.25) is 9.79 Å². The summed E-state index contributed by atoms with van der Waals surface area (Å²) >= 11 is 3.51. The Bertz CT molecular complexity index is 538. The van der Waals surface area contributed by atoms with Crippen molar-refractivity contribution >= 4 is 51.8 Å². The van der Waals surface area contributed by atoms with E-state index in [1.54, 1.807) is 4.90 Å². The molecule has 5 nitrogen and oxygen atoms in total. The minimum absolute atomic E-state index is 0. The fourth-order valence-electron chi connectivity index (χ4n) is 2.17. The number of halogens is 2. The van der Waals surface area contributed by atoms with E-state index in [-0.39, 0.29) is 29.9 Å². The Kier molecular flexibility index (Phi) is 8.16. The quantitative estimate of drug-likeness (QED) is 0.658. The van der Waals surface area contributed by atoms with E-state index in [0.29, 0.717) is 19.5 Å². The molecule has 0 spiro atoms. The lowest BCUT2D eigenvalue weighted by Crippen LogP contribution is -2.38. The van der Waals surface area contributed by atoms with Crippen molar-refractivity contribution < 1.29 is 4.79 Å². The van der Waals surface area contributed by atoms with E-state index in [4.69, 9.17) is 0 Å². The Hall–Kier alpha value is -0.830. The molecule has 0 aliphatic carbocycles. The monoisotopic (exact) mass is 480 g/mol. The Morgan fingerprint density at radius 1 is 1.45 bits per heavy atom. The Balaban J connectivity index is 0.00000242. The van der Waals surface area contributed by atoms with Crippen molar-refractivity contribution in [3.8, 4) is 0 Å². The van der Waals surface area contributed by atoms with E-state index in [2.05, 4.69) is 31.1 Å². The third-order valence-corrected chi connectivity index (χ3v) is 4.25. The number of carbonyl (C=O) groups excluding carboxylic acids is 1. The van der Waals surface area contributed by atoms with Gasteiger partial charge < -0.3 is 15.1 Å². The largest absolute Gasteiger partial charge is 0.356 e. The van der Waals surface area contributed by atoms with E-state index in [9.17, 15) is 4.79 Å². The lowest BCUT2D eigenvalue weighted by atomic mass is 10.2. The number of amides is 1. The van der Waals surface area contributed by atoms with Gasteiger partial charge in [-0.2, -0.15) is 0 Å². The summed E-state index contributed by atoms with van der Waals surface area (Å²) in [5.74, 6) is 1.01. The topological polar surface area (TPSA) is 47.9 Å². The summed E-state index contributed by atoms with van der Waals surface area (Å²) in [6.07, 6.45) is 0.466. The van der Waals surface area contributed by atoms with Crippen LogP contribution in [0.3, 0.4) is 0 Å². The molecule has 1 aliphatic heterocycles. The fraction of sp³-hybridized carbons (Fsp3) is 0.467. The number of nitrogens with one attached hydrogen (secondary N) is 1. The van der Waals surface area contributed by atoms with Crippen LogP contribution in [0.15, 0.2) is 33.7 Å². The van der Waals surface area contributed by atoms with Crippen molar-refractivity contribution in [3.63, 3.8) is 0 Å². The van der Waals surface area contributed by atoms with Gasteiger partial charge in [0.2, 0.25) is 5.91 Å². The molecule has 7 heteroatoms. The summed E-state index contributed by atoms with van der Waals surface area (Å²) < 4.78 is 1.03. The summed E-state index contributed by atoms with van der Waals surface area (Å²) in [7, 11) is 3.83. The van der Waals surface area contributed by atoms with Crippen molar-refractivity contribution in [3.05, 3.63) is 34.3 Å². The second-order valence-electron chi connectivity index (χ2n) is 5.14. The first-order chi connectivity index (χ1) is 10.1. The molecule has 0 saturated carbocycles. The van der Waals surface area contributed by atoms with Crippen LogP contribution in [0.1, 0.15) is 12.0 Å².